The van der Waals surface area contributed by atoms with Crippen LogP contribution in [0.15, 0.2) is 18.2 Å². The van der Waals surface area contributed by atoms with Crippen molar-refractivity contribution in [2.75, 3.05) is 20.8 Å². The quantitative estimate of drug-likeness (QED) is 0.864. The SMILES string of the molecule is CNC(COC)c1cccc(Cl)c1Cl. The Hall–Kier alpha value is -0.280. The van der Waals surface area contributed by atoms with Crippen LogP contribution in [0.5, 0.6) is 0 Å². The maximum Gasteiger partial charge on any atom is 0.0658 e. The van der Waals surface area contributed by atoms with Crippen LogP contribution >= 0.6 is 23.2 Å². The maximum absolute atomic E-state index is 6.07. The molecule has 0 heterocycles. The van der Waals surface area contributed by atoms with E-state index in [2.05, 4.69) is 5.32 Å². The van der Waals surface area contributed by atoms with E-state index in [0.717, 1.165) is 5.56 Å². The Kier molecular flexibility index (Phi) is 4.69. The monoisotopic (exact) mass is 233 g/mol. The second-order valence-corrected chi connectivity index (χ2v) is 3.72. The summed E-state index contributed by atoms with van der Waals surface area (Å²) in [5.74, 6) is 0. The zero-order valence-corrected chi connectivity index (χ0v) is 9.69. The summed E-state index contributed by atoms with van der Waals surface area (Å²) in [6.07, 6.45) is 0. The van der Waals surface area contributed by atoms with Gasteiger partial charge >= 0.3 is 0 Å². The number of methoxy groups -OCH3 is 1. The molecule has 0 spiro atoms. The van der Waals surface area contributed by atoms with Gasteiger partial charge in [-0.3, -0.25) is 0 Å². The van der Waals surface area contributed by atoms with E-state index in [4.69, 9.17) is 27.9 Å². The second kappa shape index (κ2) is 5.56. The summed E-state index contributed by atoms with van der Waals surface area (Å²) in [5.41, 5.74) is 0.962. The van der Waals surface area contributed by atoms with Gasteiger partial charge in [-0.2, -0.15) is 0 Å². The van der Waals surface area contributed by atoms with E-state index in [9.17, 15) is 0 Å². The molecular weight excluding hydrogens is 221 g/mol. The van der Waals surface area contributed by atoms with Crippen molar-refractivity contribution < 1.29 is 4.74 Å². The van der Waals surface area contributed by atoms with Gasteiger partial charge in [0.1, 0.15) is 0 Å². The van der Waals surface area contributed by atoms with Crippen LogP contribution in [-0.2, 0) is 4.74 Å². The van der Waals surface area contributed by atoms with E-state index >= 15 is 0 Å². The molecule has 0 bridgehead atoms. The first-order valence-corrected chi connectivity index (χ1v) is 5.06. The largest absolute Gasteiger partial charge is 0.383 e. The van der Waals surface area contributed by atoms with Gasteiger partial charge in [0.05, 0.1) is 22.7 Å². The molecule has 1 aromatic rings. The van der Waals surface area contributed by atoms with Crippen LogP contribution < -0.4 is 5.32 Å². The average molecular weight is 234 g/mol. The van der Waals surface area contributed by atoms with Crippen molar-refractivity contribution in [3.8, 4) is 0 Å². The third-order valence-electron chi connectivity index (χ3n) is 2.04. The molecule has 1 unspecified atom stereocenters. The molecule has 1 aromatic carbocycles. The van der Waals surface area contributed by atoms with Crippen molar-refractivity contribution in [2.45, 2.75) is 6.04 Å². The van der Waals surface area contributed by atoms with Crippen molar-refractivity contribution in [1.29, 1.82) is 0 Å². The Morgan fingerprint density at radius 2 is 2.14 bits per heavy atom. The molecule has 78 valence electrons. The van der Waals surface area contributed by atoms with Crippen LogP contribution in [0.2, 0.25) is 10.0 Å². The van der Waals surface area contributed by atoms with Gasteiger partial charge < -0.3 is 10.1 Å². The fourth-order valence-corrected chi connectivity index (χ4v) is 1.72. The van der Waals surface area contributed by atoms with E-state index in [-0.39, 0.29) is 6.04 Å². The first-order chi connectivity index (χ1) is 6.70. The first-order valence-electron chi connectivity index (χ1n) is 4.30. The fourth-order valence-electron chi connectivity index (χ4n) is 1.28. The minimum Gasteiger partial charge on any atom is -0.383 e. The zero-order valence-electron chi connectivity index (χ0n) is 8.18. The summed E-state index contributed by atoms with van der Waals surface area (Å²) in [4.78, 5) is 0. The zero-order chi connectivity index (χ0) is 10.6. The molecule has 0 aliphatic rings. The molecule has 0 saturated carbocycles. The molecule has 14 heavy (non-hydrogen) atoms. The number of hydrogen-bond acceptors (Lipinski definition) is 2. The molecule has 0 radical (unpaired) electrons. The lowest BCUT2D eigenvalue weighted by atomic mass is 10.1. The number of halogens is 2. The third kappa shape index (κ3) is 2.61. The summed E-state index contributed by atoms with van der Waals surface area (Å²) in [6.45, 7) is 0.566. The van der Waals surface area contributed by atoms with E-state index < -0.39 is 0 Å². The topological polar surface area (TPSA) is 21.3 Å². The predicted octanol–water partition coefficient (Wildman–Crippen LogP) is 2.90. The van der Waals surface area contributed by atoms with E-state index in [1.807, 2.05) is 19.2 Å². The van der Waals surface area contributed by atoms with Crippen LogP contribution in [0.1, 0.15) is 11.6 Å². The van der Waals surface area contributed by atoms with Crippen LogP contribution in [0, 0.1) is 0 Å². The molecule has 0 amide bonds. The van der Waals surface area contributed by atoms with Crippen LogP contribution in [0.3, 0.4) is 0 Å². The summed E-state index contributed by atoms with van der Waals surface area (Å²) >= 11 is 12.0. The lowest BCUT2D eigenvalue weighted by molar-refractivity contribution is 0.170. The molecule has 0 fully saturated rings. The summed E-state index contributed by atoms with van der Waals surface area (Å²) in [6, 6.07) is 5.66. The Morgan fingerprint density at radius 3 is 2.71 bits per heavy atom. The Morgan fingerprint density at radius 1 is 1.43 bits per heavy atom. The van der Waals surface area contributed by atoms with E-state index in [1.54, 1.807) is 13.2 Å². The van der Waals surface area contributed by atoms with Gasteiger partial charge in [0, 0.05) is 7.11 Å². The van der Waals surface area contributed by atoms with E-state index in [1.165, 1.54) is 0 Å². The van der Waals surface area contributed by atoms with E-state index in [0.29, 0.717) is 16.7 Å². The second-order valence-electron chi connectivity index (χ2n) is 2.94. The number of rotatable bonds is 4. The molecule has 1 atom stereocenters. The first kappa shape index (κ1) is 11.8. The molecule has 4 heteroatoms. The molecule has 0 aliphatic carbocycles. The smallest absolute Gasteiger partial charge is 0.0658 e. The minimum atomic E-state index is 0.0752. The van der Waals surface area contributed by atoms with Gasteiger partial charge in [-0.15, -0.1) is 0 Å². The standard InChI is InChI=1S/C10H13Cl2NO/c1-13-9(6-14-2)7-4-3-5-8(11)10(7)12/h3-5,9,13H,6H2,1-2H3. The number of likely N-dealkylation sites (N-methyl/N-ethyl adjacent to an activating group) is 1. The predicted molar refractivity (Wildman–Crippen MR) is 60.1 cm³/mol. The third-order valence-corrected chi connectivity index (χ3v) is 2.87. The fraction of sp³-hybridized carbons (Fsp3) is 0.400. The van der Waals surface area contributed by atoms with Gasteiger partial charge in [-0.1, -0.05) is 35.3 Å². The molecule has 1 rings (SSSR count). The molecule has 0 aromatic heterocycles. The molecule has 0 saturated heterocycles. The van der Waals surface area contributed by atoms with Gasteiger partial charge in [-0.05, 0) is 18.7 Å². The highest BCUT2D eigenvalue weighted by molar-refractivity contribution is 6.42. The van der Waals surface area contributed by atoms with Crippen molar-refractivity contribution in [3.63, 3.8) is 0 Å². The summed E-state index contributed by atoms with van der Waals surface area (Å²) < 4.78 is 5.08. The van der Waals surface area contributed by atoms with Gasteiger partial charge in [0.2, 0.25) is 0 Å². The molecule has 2 nitrogen and oxygen atoms in total. The van der Waals surface area contributed by atoms with Crippen molar-refractivity contribution in [2.24, 2.45) is 0 Å². The summed E-state index contributed by atoms with van der Waals surface area (Å²) in [5, 5.41) is 4.28. The molecule has 1 N–H and O–H groups in total. The highest BCUT2D eigenvalue weighted by atomic mass is 35.5. The van der Waals surface area contributed by atoms with Gasteiger partial charge in [0.15, 0.2) is 0 Å². The lowest BCUT2D eigenvalue weighted by Crippen LogP contribution is -2.21. The van der Waals surface area contributed by atoms with Gasteiger partial charge in [-0.25, -0.2) is 0 Å². The van der Waals surface area contributed by atoms with Crippen LogP contribution in [-0.4, -0.2) is 20.8 Å². The van der Waals surface area contributed by atoms with Gasteiger partial charge in [0.25, 0.3) is 0 Å². The van der Waals surface area contributed by atoms with Crippen LogP contribution in [0.25, 0.3) is 0 Å². The maximum atomic E-state index is 6.07. The number of nitrogens with one attached hydrogen (secondary N) is 1. The Labute approximate surface area is 94.2 Å². The lowest BCUT2D eigenvalue weighted by Gasteiger charge is -2.17. The van der Waals surface area contributed by atoms with Crippen LogP contribution in [0.4, 0.5) is 0 Å². The minimum absolute atomic E-state index is 0.0752. The van der Waals surface area contributed by atoms with Crippen molar-refractivity contribution in [1.82, 2.24) is 5.32 Å². The average Bonchev–Trinajstić information content (AvgIpc) is 2.19. The normalized spacial score (nSPS) is 12.9. The number of ether oxygens (including phenoxy) is 1. The highest BCUT2D eigenvalue weighted by Crippen LogP contribution is 2.29. The Balaban J connectivity index is 2.97. The molecule has 0 aliphatic heterocycles. The van der Waals surface area contributed by atoms with Crippen molar-refractivity contribution in [3.05, 3.63) is 33.8 Å². The number of hydrogen-bond donors (Lipinski definition) is 1. The van der Waals surface area contributed by atoms with Crippen molar-refractivity contribution >= 4 is 23.2 Å². The summed E-state index contributed by atoms with van der Waals surface area (Å²) in [7, 11) is 3.52. The Bertz CT molecular complexity index is 304. The number of benzene rings is 1. The highest BCUT2D eigenvalue weighted by Gasteiger charge is 2.13. The molecular formula is C10H13Cl2NO.